The lowest BCUT2D eigenvalue weighted by Gasteiger charge is -2.20. The molecular weight excluding hydrogens is 420 g/mol. The molecule has 0 bridgehead atoms. The summed E-state index contributed by atoms with van der Waals surface area (Å²) in [6.45, 7) is 13.5. The Morgan fingerprint density at radius 1 is 0.783 bits per heavy atom. The maximum atomic E-state index is 6.17. The predicted molar refractivity (Wildman–Crippen MR) is 122 cm³/mol. The van der Waals surface area contributed by atoms with E-state index in [2.05, 4.69) is 63.6 Å². The van der Waals surface area contributed by atoms with Crippen LogP contribution in [0.1, 0.15) is 9.75 Å². The average Bonchev–Trinajstić information content (AvgIpc) is 2.77. The molecule has 0 aromatic carbocycles. The lowest BCUT2D eigenvalue weighted by molar-refractivity contribution is 1.74. The average molecular weight is 442 g/mol. The van der Waals surface area contributed by atoms with Gasteiger partial charge < -0.3 is 0 Å². The largest absolute Gasteiger partial charge is 0.375 e. The van der Waals surface area contributed by atoms with Crippen LogP contribution in [-0.4, -0.2) is 27.2 Å². The normalized spacial score (nSPS) is 14.2. The van der Waals surface area contributed by atoms with Crippen LogP contribution in [0.4, 0.5) is 0 Å². The molecule has 1 aromatic heterocycles. The summed E-state index contributed by atoms with van der Waals surface area (Å²) in [4.78, 5) is 2.33. The molecule has 0 nitrogen and oxygen atoms in total. The van der Waals surface area contributed by atoms with E-state index in [0.29, 0.717) is 0 Å². The van der Waals surface area contributed by atoms with Gasteiger partial charge in [-0.1, -0.05) is 61.6 Å². The molecule has 0 radical (unpaired) electrons. The summed E-state index contributed by atoms with van der Waals surface area (Å²) in [7, 11) is -3.10. The van der Waals surface area contributed by atoms with Crippen molar-refractivity contribution in [3.8, 4) is 0 Å². The van der Waals surface area contributed by atoms with Gasteiger partial charge in [-0.3, -0.25) is 0 Å². The first-order valence-corrected chi connectivity index (χ1v) is 17.0. The first-order valence-electron chi connectivity index (χ1n) is 7.42. The predicted octanol–water partition coefficient (Wildman–Crippen LogP) is 7.28. The minimum Gasteiger partial charge on any atom is -0.165 e. The fourth-order valence-corrected chi connectivity index (χ4v) is 9.84. The summed E-state index contributed by atoms with van der Waals surface area (Å²) >= 11 is 26.4. The SMILES string of the molecule is C[Si](C)(C)/C(=C\c1ccc(/C=C(/B(Cl)Cl)[Si](C)(C)C)s1)B(Cl)Cl. The highest BCUT2D eigenvalue weighted by atomic mass is 35.5. The summed E-state index contributed by atoms with van der Waals surface area (Å²) in [5.41, 5.74) is -0.897. The maximum Gasteiger partial charge on any atom is 0.375 e. The zero-order valence-electron chi connectivity index (χ0n) is 14.4. The summed E-state index contributed by atoms with van der Waals surface area (Å²) in [5, 5.41) is 2.30. The van der Waals surface area contributed by atoms with Gasteiger partial charge in [0.05, 0.1) is 16.1 Å². The molecule has 0 spiro atoms. The minimum absolute atomic E-state index is 0.449. The van der Waals surface area contributed by atoms with Crippen LogP contribution in [0, 0.1) is 0 Å². The molecule has 1 rings (SSSR count). The molecular formula is C14H22B2Cl4SSi2. The quantitative estimate of drug-likeness (QED) is 0.407. The van der Waals surface area contributed by atoms with E-state index in [-0.39, 0.29) is 0 Å². The monoisotopic (exact) mass is 440 g/mol. The molecule has 0 fully saturated rings. The van der Waals surface area contributed by atoms with Gasteiger partial charge in [0.25, 0.3) is 0 Å². The van der Waals surface area contributed by atoms with Crippen LogP contribution >= 0.6 is 57.2 Å². The highest BCUT2D eigenvalue weighted by molar-refractivity contribution is 7.42. The molecule has 126 valence electrons. The van der Waals surface area contributed by atoms with E-state index >= 15 is 0 Å². The number of hydrogen-bond acceptors (Lipinski definition) is 1. The van der Waals surface area contributed by atoms with E-state index in [0.717, 1.165) is 19.9 Å². The number of hydrogen-bond donors (Lipinski definition) is 0. The molecule has 0 amide bonds. The van der Waals surface area contributed by atoms with E-state index in [9.17, 15) is 0 Å². The van der Waals surface area contributed by atoms with Crippen molar-refractivity contribution in [2.24, 2.45) is 0 Å². The van der Waals surface area contributed by atoms with Gasteiger partial charge in [0.2, 0.25) is 0 Å². The molecule has 0 atom stereocenters. The first-order chi connectivity index (χ1) is 10.3. The molecule has 1 aromatic rings. The second-order valence-corrected chi connectivity index (χ2v) is 21.0. The lowest BCUT2D eigenvalue weighted by atomic mass is 10.1. The molecule has 0 saturated heterocycles. The number of thiophene rings is 1. The Balaban J connectivity index is 3.20. The van der Waals surface area contributed by atoms with Crippen molar-refractivity contribution < 1.29 is 0 Å². The molecule has 1 heterocycles. The van der Waals surface area contributed by atoms with Gasteiger partial charge in [0, 0.05) is 9.75 Å². The molecule has 0 saturated carbocycles. The van der Waals surface area contributed by atoms with Crippen molar-refractivity contribution in [2.75, 3.05) is 0 Å². The molecule has 0 aliphatic carbocycles. The van der Waals surface area contributed by atoms with Gasteiger partial charge >= 0.3 is 11.1 Å². The molecule has 9 heteroatoms. The third-order valence-corrected chi connectivity index (χ3v) is 10.4. The Hall–Kier alpha value is 0.904. The van der Waals surface area contributed by atoms with Gasteiger partial charge in [0.15, 0.2) is 0 Å². The van der Waals surface area contributed by atoms with Crippen molar-refractivity contribution in [2.45, 2.75) is 39.3 Å². The van der Waals surface area contributed by atoms with Crippen LogP contribution in [0.15, 0.2) is 22.3 Å². The zero-order chi connectivity index (χ0) is 18.0. The number of halogens is 4. The minimum atomic E-state index is -1.55. The Morgan fingerprint density at radius 3 is 1.30 bits per heavy atom. The van der Waals surface area contributed by atoms with Crippen molar-refractivity contribution in [1.29, 1.82) is 0 Å². The van der Waals surface area contributed by atoms with Crippen LogP contribution in [-0.2, 0) is 0 Å². The Morgan fingerprint density at radius 2 is 1.09 bits per heavy atom. The Kier molecular flexibility index (Phi) is 8.13. The van der Waals surface area contributed by atoms with Crippen LogP contribution in [0.2, 0.25) is 39.3 Å². The summed E-state index contributed by atoms with van der Waals surface area (Å²) in [5.74, 6) is 0. The van der Waals surface area contributed by atoms with Crippen molar-refractivity contribution in [3.63, 3.8) is 0 Å². The van der Waals surface area contributed by atoms with E-state index in [4.69, 9.17) is 45.8 Å². The second-order valence-electron chi connectivity index (χ2n) is 7.54. The van der Waals surface area contributed by atoms with Crippen molar-refractivity contribution in [3.05, 3.63) is 32.1 Å². The van der Waals surface area contributed by atoms with Gasteiger partial charge in [-0.05, 0) is 12.1 Å². The molecule has 0 aliphatic rings. The molecule has 0 unspecified atom stereocenters. The van der Waals surface area contributed by atoms with E-state index in [1.165, 1.54) is 0 Å². The van der Waals surface area contributed by atoms with Gasteiger partial charge in [-0.15, -0.1) is 11.3 Å². The topological polar surface area (TPSA) is 0 Å². The first kappa shape index (κ1) is 21.9. The van der Waals surface area contributed by atoms with Gasteiger partial charge in [-0.2, -0.15) is 45.8 Å². The molecule has 0 N–H and O–H groups in total. The van der Waals surface area contributed by atoms with Crippen molar-refractivity contribution >= 4 is 96.6 Å². The Labute approximate surface area is 167 Å². The summed E-state index contributed by atoms with van der Waals surface area (Å²) < 4.78 is 0. The summed E-state index contributed by atoms with van der Waals surface area (Å²) in [6, 6.07) is 4.21. The smallest absolute Gasteiger partial charge is 0.165 e. The fourth-order valence-electron chi connectivity index (χ4n) is 2.04. The van der Waals surface area contributed by atoms with E-state index in [1.807, 2.05) is 0 Å². The molecule has 0 aliphatic heterocycles. The third-order valence-electron chi connectivity index (χ3n) is 3.45. The van der Waals surface area contributed by atoms with Crippen LogP contribution in [0.25, 0.3) is 12.2 Å². The van der Waals surface area contributed by atoms with Crippen LogP contribution in [0.3, 0.4) is 0 Å². The third kappa shape index (κ3) is 6.97. The second kappa shape index (κ2) is 8.52. The lowest BCUT2D eigenvalue weighted by Crippen LogP contribution is -2.29. The van der Waals surface area contributed by atoms with Gasteiger partial charge in [0.1, 0.15) is 0 Å². The Bertz CT molecular complexity index is 548. The molecule has 23 heavy (non-hydrogen) atoms. The zero-order valence-corrected chi connectivity index (χ0v) is 20.2. The van der Waals surface area contributed by atoms with E-state index < -0.39 is 27.2 Å². The fraction of sp³-hybridized carbons (Fsp3) is 0.429. The van der Waals surface area contributed by atoms with Crippen LogP contribution < -0.4 is 0 Å². The van der Waals surface area contributed by atoms with Crippen molar-refractivity contribution in [1.82, 2.24) is 0 Å². The summed E-state index contributed by atoms with van der Waals surface area (Å²) in [6.07, 6.45) is 4.29. The highest BCUT2D eigenvalue weighted by Crippen LogP contribution is 2.30. The van der Waals surface area contributed by atoms with E-state index in [1.54, 1.807) is 11.3 Å². The standard InChI is InChI=1S/C14H22B2Cl4SSi2/c1-22(2,3)13(15(17)18)9-11-7-8-12(21-11)10-14(16(19)20)23(4,5)6/h7-10H,1-6H3/b13-9-,14-10-. The van der Waals surface area contributed by atoms with Crippen LogP contribution in [0.5, 0.6) is 0 Å². The highest BCUT2D eigenvalue weighted by Gasteiger charge is 2.28. The number of rotatable bonds is 6. The van der Waals surface area contributed by atoms with Gasteiger partial charge in [-0.25, -0.2) is 0 Å². The maximum absolute atomic E-state index is 6.17.